The normalized spacial score (nSPS) is 34.8. The molecule has 1 aliphatic carbocycles. The Morgan fingerprint density at radius 2 is 2.35 bits per heavy atom. The smallest absolute Gasteiger partial charge is 0.0859 e. The zero-order valence-electron chi connectivity index (χ0n) is 11.9. The van der Waals surface area contributed by atoms with Crippen molar-refractivity contribution in [1.82, 2.24) is 9.88 Å². The summed E-state index contributed by atoms with van der Waals surface area (Å²) in [4.78, 5) is 7.15. The van der Waals surface area contributed by atoms with E-state index in [4.69, 9.17) is 10.5 Å². The van der Waals surface area contributed by atoms with Crippen LogP contribution in [0, 0.1) is 0 Å². The molecule has 2 aliphatic heterocycles. The number of aryl methyl sites for hydroxylation is 1. The lowest BCUT2D eigenvalue weighted by molar-refractivity contribution is -0.0626. The standard InChI is InChI=1S/C16H23N3O/c17-15(13-6-5-11-3-1-7-18-16(11)13)14-9-19-8-2-4-12(19)10-20-14/h1,3,7,12-15H,2,4-6,8-10,17H2. The first-order valence-corrected chi connectivity index (χ1v) is 7.88. The Labute approximate surface area is 120 Å². The Kier molecular flexibility index (Phi) is 3.25. The van der Waals surface area contributed by atoms with Gasteiger partial charge < -0.3 is 10.5 Å². The van der Waals surface area contributed by atoms with Gasteiger partial charge in [-0.25, -0.2) is 0 Å². The van der Waals surface area contributed by atoms with Gasteiger partial charge in [0.05, 0.1) is 12.7 Å². The zero-order chi connectivity index (χ0) is 13.5. The molecule has 1 aromatic rings. The number of pyridine rings is 1. The molecule has 0 radical (unpaired) electrons. The molecular weight excluding hydrogens is 250 g/mol. The van der Waals surface area contributed by atoms with Crippen LogP contribution in [-0.2, 0) is 11.2 Å². The first-order chi connectivity index (χ1) is 9.83. The van der Waals surface area contributed by atoms with Crippen LogP contribution in [0.1, 0.15) is 36.4 Å². The van der Waals surface area contributed by atoms with Crippen molar-refractivity contribution in [3.8, 4) is 0 Å². The van der Waals surface area contributed by atoms with Crippen LogP contribution in [0.2, 0.25) is 0 Å². The van der Waals surface area contributed by atoms with Crippen LogP contribution in [0.5, 0.6) is 0 Å². The SMILES string of the molecule is NC(C1CN2CCCC2CO1)C1CCc2cccnc21. The molecule has 4 unspecified atom stereocenters. The highest BCUT2D eigenvalue weighted by Crippen LogP contribution is 2.36. The fourth-order valence-corrected chi connectivity index (χ4v) is 4.15. The average Bonchev–Trinajstić information content (AvgIpc) is 3.12. The Balaban J connectivity index is 1.49. The molecule has 2 N–H and O–H groups in total. The Morgan fingerprint density at radius 1 is 1.40 bits per heavy atom. The van der Waals surface area contributed by atoms with E-state index in [-0.39, 0.29) is 12.1 Å². The molecule has 0 spiro atoms. The lowest BCUT2D eigenvalue weighted by Crippen LogP contribution is -2.54. The van der Waals surface area contributed by atoms with Gasteiger partial charge in [0.1, 0.15) is 0 Å². The van der Waals surface area contributed by atoms with Gasteiger partial charge in [-0.05, 0) is 43.9 Å². The second-order valence-electron chi connectivity index (χ2n) is 6.43. The predicted octanol–water partition coefficient (Wildman–Crippen LogP) is 1.30. The molecule has 0 saturated carbocycles. The van der Waals surface area contributed by atoms with E-state index in [1.54, 1.807) is 0 Å². The van der Waals surface area contributed by atoms with Gasteiger partial charge in [-0.3, -0.25) is 9.88 Å². The molecule has 0 aromatic carbocycles. The van der Waals surface area contributed by atoms with E-state index >= 15 is 0 Å². The molecule has 4 atom stereocenters. The van der Waals surface area contributed by atoms with Gasteiger partial charge in [-0.2, -0.15) is 0 Å². The van der Waals surface area contributed by atoms with Crippen molar-refractivity contribution < 1.29 is 4.74 Å². The molecular formula is C16H23N3O. The highest BCUT2D eigenvalue weighted by Gasteiger charge is 2.39. The number of ether oxygens (including phenoxy) is 1. The maximum atomic E-state index is 6.56. The fourth-order valence-electron chi connectivity index (χ4n) is 4.15. The third kappa shape index (κ3) is 2.07. The fraction of sp³-hybridized carbons (Fsp3) is 0.688. The van der Waals surface area contributed by atoms with Crippen molar-refractivity contribution in [1.29, 1.82) is 0 Å². The van der Waals surface area contributed by atoms with E-state index in [9.17, 15) is 0 Å². The highest BCUT2D eigenvalue weighted by atomic mass is 16.5. The molecule has 3 heterocycles. The van der Waals surface area contributed by atoms with Gasteiger partial charge in [0, 0.05) is 36.4 Å². The van der Waals surface area contributed by atoms with E-state index in [0.717, 1.165) is 26.0 Å². The number of rotatable bonds is 2. The number of nitrogens with two attached hydrogens (primary N) is 1. The van der Waals surface area contributed by atoms with Gasteiger partial charge in [0.25, 0.3) is 0 Å². The van der Waals surface area contributed by atoms with E-state index in [1.807, 2.05) is 12.3 Å². The second-order valence-corrected chi connectivity index (χ2v) is 6.43. The summed E-state index contributed by atoms with van der Waals surface area (Å²) >= 11 is 0. The quantitative estimate of drug-likeness (QED) is 0.882. The van der Waals surface area contributed by atoms with Gasteiger partial charge in [-0.1, -0.05) is 6.07 Å². The number of aromatic nitrogens is 1. The summed E-state index contributed by atoms with van der Waals surface area (Å²) in [5.74, 6) is 0.371. The molecule has 2 fully saturated rings. The molecule has 4 rings (SSSR count). The summed E-state index contributed by atoms with van der Waals surface area (Å²) in [6.45, 7) is 3.08. The molecule has 20 heavy (non-hydrogen) atoms. The lowest BCUT2D eigenvalue weighted by atomic mass is 9.92. The van der Waals surface area contributed by atoms with Crippen molar-refractivity contribution in [2.24, 2.45) is 5.73 Å². The van der Waals surface area contributed by atoms with E-state index < -0.39 is 0 Å². The number of hydrogen-bond donors (Lipinski definition) is 1. The summed E-state index contributed by atoms with van der Waals surface area (Å²) in [5.41, 5.74) is 9.15. The van der Waals surface area contributed by atoms with Crippen molar-refractivity contribution in [2.45, 2.75) is 49.8 Å². The van der Waals surface area contributed by atoms with Gasteiger partial charge in [-0.15, -0.1) is 0 Å². The molecule has 1 aromatic heterocycles. The third-order valence-electron chi connectivity index (χ3n) is 5.31. The summed E-state index contributed by atoms with van der Waals surface area (Å²) < 4.78 is 6.09. The van der Waals surface area contributed by atoms with Crippen molar-refractivity contribution in [3.05, 3.63) is 29.6 Å². The number of fused-ring (bicyclic) bond motifs is 2. The molecule has 4 nitrogen and oxygen atoms in total. The van der Waals surface area contributed by atoms with Crippen LogP contribution in [0.3, 0.4) is 0 Å². The number of nitrogens with zero attached hydrogens (tertiary/aromatic N) is 2. The molecule has 2 saturated heterocycles. The van der Waals surface area contributed by atoms with Gasteiger partial charge >= 0.3 is 0 Å². The summed E-state index contributed by atoms with van der Waals surface area (Å²) in [7, 11) is 0. The van der Waals surface area contributed by atoms with Gasteiger partial charge in [0.2, 0.25) is 0 Å². The van der Waals surface area contributed by atoms with Crippen LogP contribution >= 0.6 is 0 Å². The van der Waals surface area contributed by atoms with Crippen molar-refractivity contribution in [2.75, 3.05) is 19.7 Å². The van der Waals surface area contributed by atoms with Crippen LogP contribution in [0.4, 0.5) is 0 Å². The molecule has 108 valence electrons. The maximum Gasteiger partial charge on any atom is 0.0859 e. The van der Waals surface area contributed by atoms with E-state index in [2.05, 4.69) is 16.0 Å². The minimum atomic E-state index is 0.0766. The first-order valence-electron chi connectivity index (χ1n) is 7.88. The first kappa shape index (κ1) is 12.7. The average molecular weight is 273 g/mol. The van der Waals surface area contributed by atoms with Crippen LogP contribution < -0.4 is 5.73 Å². The summed E-state index contributed by atoms with van der Waals surface area (Å²) in [5, 5.41) is 0. The van der Waals surface area contributed by atoms with E-state index in [0.29, 0.717) is 12.0 Å². The van der Waals surface area contributed by atoms with Crippen molar-refractivity contribution >= 4 is 0 Å². The number of morpholine rings is 1. The predicted molar refractivity (Wildman–Crippen MR) is 77.6 cm³/mol. The molecule has 3 aliphatic rings. The van der Waals surface area contributed by atoms with Crippen LogP contribution in [-0.4, -0.2) is 47.8 Å². The molecule has 4 heteroatoms. The lowest BCUT2D eigenvalue weighted by Gasteiger charge is -2.39. The van der Waals surface area contributed by atoms with Gasteiger partial charge in [0.15, 0.2) is 0 Å². The van der Waals surface area contributed by atoms with E-state index in [1.165, 1.54) is 30.6 Å². The Bertz CT molecular complexity index is 492. The minimum absolute atomic E-state index is 0.0766. The zero-order valence-corrected chi connectivity index (χ0v) is 11.9. The topological polar surface area (TPSA) is 51.4 Å². The summed E-state index contributed by atoms with van der Waals surface area (Å²) in [6.07, 6.45) is 6.89. The number of hydrogen-bond acceptors (Lipinski definition) is 4. The molecule has 0 bridgehead atoms. The largest absolute Gasteiger partial charge is 0.374 e. The monoisotopic (exact) mass is 273 g/mol. The summed E-state index contributed by atoms with van der Waals surface area (Å²) in [6, 6.07) is 4.94. The minimum Gasteiger partial charge on any atom is -0.374 e. The highest BCUT2D eigenvalue weighted by molar-refractivity contribution is 5.30. The van der Waals surface area contributed by atoms with Crippen molar-refractivity contribution in [3.63, 3.8) is 0 Å². The molecule has 0 amide bonds. The second kappa shape index (κ2) is 5.10. The third-order valence-corrected chi connectivity index (χ3v) is 5.31. The Morgan fingerprint density at radius 3 is 3.30 bits per heavy atom. The van der Waals surface area contributed by atoms with Crippen LogP contribution in [0.25, 0.3) is 0 Å². The maximum absolute atomic E-state index is 6.56. The Hall–Kier alpha value is -0.970. The van der Waals surface area contributed by atoms with Crippen LogP contribution in [0.15, 0.2) is 18.3 Å².